The molecule has 0 N–H and O–H groups in total. The van der Waals surface area contributed by atoms with Crippen molar-refractivity contribution in [3.63, 3.8) is 0 Å². The van der Waals surface area contributed by atoms with Crippen LogP contribution in [-0.2, 0) is 0 Å². The highest BCUT2D eigenvalue weighted by atomic mass is 79.9. The van der Waals surface area contributed by atoms with Crippen LogP contribution in [0.1, 0.15) is 25.0 Å². The van der Waals surface area contributed by atoms with E-state index in [1.807, 2.05) is 0 Å². The van der Waals surface area contributed by atoms with E-state index in [0.29, 0.717) is 5.92 Å². The minimum absolute atomic E-state index is 0.558. The second-order valence-corrected chi connectivity index (χ2v) is 4.95. The van der Waals surface area contributed by atoms with Crippen molar-refractivity contribution in [2.24, 2.45) is 5.92 Å². The molecule has 1 aromatic rings. The van der Waals surface area contributed by atoms with Crippen LogP contribution in [0.5, 0.6) is 5.75 Å². The van der Waals surface area contributed by atoms with Gasteiger partial charge in [0.1, 0.15) is 5.75 Å². The Morgan fingerprint density at radius 1 is 1.29 bits per heavy atom. The van der Waals surface area contributed by atoms with Gasteiger partial charge in [-0.05, 0) is 52.9 Å². The molecule has 0 heterocycles. The smallest absolute Gasteiger partial charge is 0.136 e. The van der Waals surface area contributed by atoms with Gasteiger partial charge in [-0.3, -0.25) is 0 Å². The molecule has 0 bridgehead atoms. The van der Waals surface area contributed by atoms with E-state index in [-0.39, 0.29) is 0 Å². The number of benzene rings is 1. The fraction of sp³-hybridized carbons (Fsp3) is 0.500. The predicted molar refractivity (Wildman–Crippen MR) is 63.9 cm³/mol. The van der Waals surface area contributed by atoms with Gasteiger partial charge in [0.15, 0.2) is 0 Å². The third kappa shape index (κ3) is 3.02. The summed E-state index contributed by atoms with van der Waals surface area (Å²) in [4.78, 5) is 0. The molecule has 0 aliphatic heterocycles. The van der Waals surface area contributed by atoms with E-state index in [0.717, 1.165) is 16.8 Å². The standard InChI is InChI=1S/C12H17BrO/c1-8(2)7-14-12-10(4)5-9(3)6-11(12)13/h5-6,8H,7H2,1-4H3. The molecule has 0 radical (unpaired) electrons. The predicted octanol–water partition coefficient (Wildman–Crippen LogP) is 4.10. The van der Waals surface area contributed by atoms with Crippen molar-refractivity contribution in [3.05, 3.63) is 27.7 Å². The number of halogens is 1. The summed E-state index contributed by atoms with van der Waals surface area (Å²) < 4.78 is 6.79. The molecule has 1 aromatic carbocycles. The van der Waals surface area contributed by atoms with Gasteiger partial charge in [-0.15, -0.1) is 0 Å². The minimum atomic E-state index is 0.558. The molecule has 1 rings (SSSR count). The van der Waals surface area contributed by atoms with Crippen LogP contribution in [0.3, 0.4) is 0 Å². The number of rotatable bonds is 3. The Morgan fingerprint density at radius 2 is 1.93 bits per heavy atom. The van der Waals surface area contributed by atoms with Crippen LogP contribution in [-0.4, -0.2) is 6.61 Å². The van der Waals surface area contributed by atoms with Gasteiger partial charge in [0.25, 0.3) is 0 Å². The maximum absolute atomic E-state index is 5.74. The van der Waals surface area contributed by atoms with Crippen LogP contribution < -0.4 is 4.74 Å². The summed E-state index contributed by atoms with van der Waals surface area (Å²) in [5.41, 5.74) is 2.45. The Hall–Kier alpha value is -0.500. The van der Waals surface area contributed by atoms with Crippen LogP contribution >= 0.6 is 15.9 Å². The Labute approximate surface area is 94.6 Å². The second-order valence-electron chi connectivity index (χ2n) is 4.10. The fourth-order valence-electron chi connectivity index (χ4n) is 1.34. The quantitative estimate of drug-likeness (QED) is 0.792. The van der Waals surface area contributed by atoms with E-state index >= 15 is 0 Å². The monoisotopic (exact) mass is 256 g/mol. The highest BCUT2D eigenvalue weighted by Crippen LogP contribution is 2.30. The molecule has 0 aromatic heterocycles. The maximum atomic E-state index is 5.74. The van der Waals surface area contributed by atoms with Gasteiger partial charge in [-0.25, -0.2) is 0 Å². The van der Waals surface area contributed by atoms with Crippen LogP contribution in [0.4, 0.5) is 0 Å². The average Bonchev–Trinajstić information content (AvgIpc) is 2.01. The number of hydrogen-bond donors (Lipinski definition) is 0. The molecule has 1 nitrogen and oxygen atoms in total. The zero-order chi connectivity index (χ0) is 10.7. The summed E-state index contributed by atoms with van der Waals surface area (Å²) >= 11 is 3.52. The number of ether oxygens (including phenoxy) is 1. The van der Waals surface area contributed by atoms with E-state index in [9.17, 15) is 0 Å². The van der Waals surface area contributed by atoms with Crippen molar-refractivity contribution in [2.45, 2.75) is 27.7 Å². The van der Waals surface area contributed by atoms with Gasteiger partial charge in [0.05, 0.1) is 11.1 Å². The van der Waals surface area contributed by atoms with Crippen molar-refractivity contribution in [1.29, 1.82) is 0 Å². The topological polar surface area (TPSA) is 9.23 Å². The first-order valence-corrected chi connectivity index (χ1v) is 5.69. The summed E-state index contributed by atoms with van der Waals surface area (Å²) in [6, 6.07) is 4.23. The van der Waals surface area contributed by atoms with E-state index in [1.165, 1.54) is 11.1 Å². The molecule has 0 atom stereocenters. The normalized spacial score (nSPS) is 10.7. The molecule has 0 fully saturated rings. The fourth-order valence-corrected chi connectivity index (χ4v) is 2.12. The summed E-state index contributed by atoms with van der Waals surface area (Å²) in [7, 11) is 0. The lowest BCUT2D eigenvalue weighted by atomic mass is 10.1. The lowest BCUT2D eigenvalue weighted by molar-refractivity contribution is 0.268. The zero-order valence-electron chi connectivity index (χ0n) is 9.23. The third-order valence-corrected chi connectivity index (χ3v) is 2.52. The van der Waals surface area contributed by atoms with Crippen molar-refractivity contribution >= 4 is 15.9 Å². The van der Waals surface area contributed by atoms with E-state index in [1.54, 1.807) is 0 Å². The van der Waals surface area contributed by atoms with Gasteiger partial charge < -0.3 is 4.74 Å². The summed E-state index contributed by atoms with van der Waals surface area (Å²) in [5.74, 6) is 1.53. The highest BCUT2D eigenvalue weighted by Gasteiger charge is 2.06. The molecule has 0 saturated heterocycles. The lowest BCUT2D eigenvalue weighted by Gasteiger charge is -2.13. The van der Waals surface area contributed by atoms with E-state index in [2.05, 4.69) is 55.8 Å². The first kappa shape index (κ1) is 11.6. The maximum Gasteiger partial charge on any atom is 0.136 e. The van der Waals surface area contributed by atoms with Gasteiger partial charge in [-0.2, -0.15) is 0 Å². The van der Waals surface area contributed by atoms with Crippen LogP contribution in [0, 0.1) is 19.8 Å². The molecule has 14 heavy (non-hydrogen) atoms. The Balaban J connectivity index is 2.86. The van der Waals surface area contributed by atoms with Gasteiger partial charge in [-0.1, -0.05) is 19.9 Å². The Kier molecular flexibility index (Phi) is 3.99. The van der Waals surface area contributed by atoms with Crippen LogP contribution in [0.2, 0.25) is 0 Å². The SMILES string of the molecule is Cc1cc(C)c(OCC(C)C)c(Br)c1. The lowest BCUT2D eigenvalue weighted by Crippen LogP contribution is -2.06. The molecule has 0 aliphatic carbocycles. The molecule has 0 spiro atoms. The third-order valence-electron chi connectivity index (χ3n) is 1.93. The number of hydrogen-bond acceptors (Lipinski definition) is 1. The molecule has 2 heteroatoms. The van der Waals surface area contributed by atoms with Gasteiger partial charge >= 0.3 is 0 Å². The average molecular weight is 257 g/mol. The van der Waals surface area contributed by atoms with Crippen molar-refractivity contribution in [2.75, 3.05) is 6.61 Å². The summed E-state index contributed by atoms with van der Waals surface area (Å²) in [6.07, 6.45) is 0. The summed E-state index contributed by atoms with van der Waals surface area (Å²) in [5, 5.41) is 0. The molecule has 0 amide bonds. The zero-order valence-corrected chi connectivity index (χ0v) is 10.8. The molecular weight excluding hydrogens is 240 g/mol. The number of aryl methyl sites for hydroxylation is 2. The largest absolute Gasteiger partial charge is 0.492 e. The van der Waals surface area contributed by atoms with E-state index < -0.39 is 0 Å². The van der Waals surface area contributed by atoms with Crippen molar-refractivity contribution in [1.82, 2.24) is 0 Å². The Bertz CT molecular complexity index is 295. The first-order chi connectivity index (χ1) is 6.50. The highest BCUT2D eigenvalue weighted by molar-refractivity contribution is 9.10. The van der Waals surface area contributed by atoms with Crippen molar-refractivity contribution < 1.29 is 4.74 Å². The Morgan fingerprint density at radius 3 is 2.43 bits per heavy atom. The molecule has 0 saturated carbocycles. The van der Waals surface area contributed by atoms with Gasteiger partial charge in [0, 0.05) is 0 Å². The minimum Gasteiger partial charge on any atom is -0.492 e. The second kappa shape index (κ2) is 4.83. The molecule has 0 unspecified atom stereocenters. The van der Waals surface area contributed by atoms with Crippen molar-refractivity contribution in [3.8, 4) is 5.75 Å². The molecule has 78 valence electrons. The molecule has 0 aliphatic rings. The van der Waals surface area contributed by atoms with Crippen LogP contribution in [0.25, 0.3) is 0 Å². The van der Waals surface area contributed by atoms with Gasteiger partial charge in [0.2, 0.25) is 0 Å². The van der Waals surface area contributed by atoms with E-state index in [4.69, 9.17) is 4.74 Å². The van der Waals surface area contributed by atoms with Crippen LogP contribution in [0.15, 0.2) is 16.6 Å². The summed E-state index contributed by atoms with van der Waals surface area (Å²) in [6.45, 7) is 9.23. The molecular formula is C12H17BrO. The first-order valence-electron chi connectivity index (χ1n) is 4.90.